The lowest BCUT2D eigenvalue weighted by atomic mass is 9.89. The van der Waals surface area contributed by atoms with E-state index in [1.807, 2.05) is 19.1 Å². The van der Waals surface area contributed by atoms with Crippen molar-refractivity contribution in [3.05, 3.63) is 23.4 Å². The highest BCUT2D eigenvalue weighted by Gasteiger charge is 2.22. The first-order chi connectivity index (χ1) is 8.56. The van der Waals surface area contributed by atoms with Crippen LogP contribution in [0.4, 0.5) is 0 Å². The lowest BCUT2D eigenvalue weighted by molar-refractivity contribution is 0.123. The predicted molar refractivity (Wildman–Crippen MR) is 72.0 cm³/mol. The van der Waals surface area contributed by atoms with Gasteiger partial charge in [0.05, 0.1) is 5.56 Å². The fourth-order valence-electron chi connectivity index (χ4n) is 2.47. The SMILES string of the molecule is Cc1ccc(C(=N)N)c(OC2CCCC(C)C2)n1. The molecule has 0 aliphatic heterocycles. The zero-order chi connectivity index (χ0) is 13.1. The molecule has 98 valence electrons. The zero-order valence-electron chi connectivity index (χ0n) is 11.1. The van der Waals surface area contributed by atoms with Gasteiger partial charge in [-0.2, -0.15) is 0 Å². The van der Waals surface area contributed by atoms with E-state index in [1.54, 1.807) is 0 Å². The Balaban J connectivity index is 2.16. The highest BCUT2D eigenvalue weighted by Crippen LogP contribution is 2.28. The van der Waals surface area contributed by atoms with Gasteiger partial charge in [0.1, 0.15) is 11.9 Å². The van der Waals surface area contributed by atoms with E-state index in [4.69, 9.17) is 15.9 Å². The molecule has 2 atom stereocenters. The van der Waals surface area contributed by atoms with Crippen LogP contribution in [-0.2, 0) is 0 Å². The molecule has 3 N–H and O–H groups in total. The summed E-state index contributed by atoms with van der Waals surface area (Å²) in [5.41, 5.74) is 7.04. The average Bonchev–Trinajstić information content (AvgIpc) is 2.28. The smallest absolute Gasteiger partial charge is 0.225 e. The largest absolute Gasteiger partial charge is 0.474 e. The first kappa shape index (κ1) is 12.9. The van der Waals surface area contributed by atoms with E-state index in [-0.39, 0.29) is 11.9 Å². The number of pyridine rings is 1. The van der Waals surface area contributed by atoms with E-state index < -0.39 is 0 Å². The second-order valence-electron chi connectivity index (χ2n) is 5.23. The number of amidine groups is 1. The molecule has 1 aliphatic carbocycles. The second-order valence-corrected chi connectivity index (χ2v) is 5.23. The fraction of sp³-hybridized carbons (Fsp3) is 0.571. The maximum atomic E-state index is 7.56. The molecule has 2 unspecified atom stereocenters. The lowest BCUT2D eigenvalue weighted by Crippen LogP contribution is -2.26. The van der Waals surface area contributed by atoms with Crippen molar-refractivity contribution in [2.45, 2.75) is 45.6 Å². The number of aryl methyl sites for hydroxylation is 1. The molecule has 0 saturated heterocycles. The zero-order valence-corrected chi connectivity index (χ0v) is 11.1. The van der Waals surface area contributed by atoms with Crippen LogP contribution < -0.4 is 10.5 Å². The second kappa shape index (κ2) is 5.38. The van der Waals surface area contributed by atoms with Gasteiger partial charge >= 0.3 is 0 Å². The molecule has 18 heavy (non-hydrogen) atoms. The van der Waals surface area contributed by atoms with Gasteiger partial charge in [0.25, 0.3) is 0 Å². The van der Waals surface area contributed by atoms with Gasteiger partial charge in [0.15, 0.2) is 0 Å². The van der Waals surface area contributed by atoms with Gasteiger partial charge in [-0.1, -0.05) is 13.3 Å². The first-order valence-electron chi connectivity index (χ1n) is 6.55. The highest BCUT2D eigenvalue weighted by molar-refractivity contribution is 5.97. The Labute approximate surface area is 108 Å². The van der Waals surface area contributed by atoms with Gasteiger partial charge in [-0.3, -0.25) is 5.41 Å². The van der Waals surface area contributed by atoms with Crippen molar-refractivity contribution in [2.24, 2.45) is 11.7 Å². The first-order valence-corrected chi connectivity index (χ1v) is 6.55. The fourth-order valence-corrected chi connectivity index (χ4v) is 2.47. The lowest BCUT2D eigenvalue weighted by Gasteiger charge is -2.27. The van der Waals surface area contributed by atoms with Crippen molar-refractivity contribution >= 4 is 5.84 Å². The van der Waals surface area contributed by atoms with E-state index in [9.17, 15) is 0 Å². The van der Waals surface area contributed by atoms with Gasteiger partial charge in [-0.25, -0.2) is 4.98 Å². The number of ether oxygens (including phenoxy) is 1. The van der Waals surface area contributed by atoms with Crippen LogP contribution in [-0.4, -0.2) is 16.9 Å². The van der Waals surface area contributed by atoms with Crippen LogP contribution in [0.1, 0.15) is 43.9 Å². The Bertz CT molecular complexity index is 445. The van der Waals surface area contributed by atoms with Crippen LogP contribution in [0.15, 0.2) is 12.1 Å². The third-order valence-corrected chi connectivity index (χ3v) is 3.46. The molecule has 1 saturated carbocycles. The van der Waals surface area contributed by atoms with Crippen LogP contribution in [0.2, 0.25) is 0 Å². The van der Waals surface area contributed by atoms with E-state index in [0.29, 0.717) is 17.4 Å². The van der Waals surface area contributed by atoms with E-state index in [0.717, 1.165) is 18.5 Å². The number of nitrogens with zero attached hydrogens (tertiary/aromatic N) is 1. The van der Waals surface area contributed by atoms with Crippen molar-refractivity contribution in [3.8, 4) is 5.88 Å². The molecule has 0 bridgehead atoms. The van der Waals surface area contributed by atoms with E-state index in [1.165, 1.54) is 12.8 Å². The molecule has 0 aromatic carbocycles. The molecule has 4 heteroatoms. The molecule has 1 aromatic heterocycles. The Kier molecular flexibility index (Phi) is 3.84. The van der Waals surface area contributed by atoms with Crippen molar-refractivity contribution < 1.29 is 4.74 Å². The third-order valence-electron chi connectivity index (χ3n) is 3.46. The number of nitrogen functional groups attached to an aromatic ring is 1. The normalized spacial score (nSPS) is 23.7. The van der Waals surface area contributed by atoms with Crippen molar-refractivity contribution in [3.63, 3.8) is 0 Å². The van der Waals surface area contributed by atoms with E-state index in [2.05, 4.69) is 11.9 Å². The number of rotatable bonds is 3. The number of hydrogen-bond donors (Lipinski definition) is 2. The summed E-state index contributed by atoms with van der Waals surface area (Å²) < 4.78 is 5.97. The van der Waals surface area contributed by atoms with Gasteiger partial charge in [-0.05, 0) is 44.2 Å². The number of nitrogens with one attached hydrogen (secondary N) is 1. The molecule has 4 nitrogen and oxygen atoms in total. The molecule has 0 amide bonds. The maximum absolute atomic E-state index is 7.56. The molecule has 2 rings (SSSR count). The van der Waals surface area contributed by atoms with Crippen molar-refractivity contribution in [2.75, 3.05) is 0 Å². The highest BCUT2D eigenvalue weighted by atomic mass is 16.5. The topological polar surface area (TPSA) is 72.0 Å². The minimum absolute atomic E-state index is 0.0151. The standard InChI is InChI=1S/C14H21N3O/c1-9-4-3-5-11(8-9)18-14-12(13(15)16)7-6-10(2)17-14/h6-7,9,11H,3-5,8H2,1-2H3,(H3,15,16). The van der Waals surface area contributed by atoms with Crippen LogP contribution in [0, 0.1) is 18.3 Å². The van der Waals surface area contributed by atoms with Gasteiger partial charge in [-0.15, -0.1) is 0 Å². The molecule has 1 heterocycles. The third kappa shape index (κ3) is 3.00. The Hall–Kier alpha value is -1.58. The predicted octanol–water partition coefficient (Wildman–Crippen LogP) is 2.63. The van der Waals surface area contributed by atoms with E-state index >= 15 is 0 Å². The summed E-state index contributed by atoms with van der Waals surface area (Å²) in [4.78, 5) is 4.37. The number of hydrogen-bond acceptors (Lipinski definition) is 3. The van der Waals surface area contributed by atoms with Crippen molar-refractivity contribution in [1.29, 1.82) is 5.41 Å². The average molecular weight is 247 g/mol. The Morgan fingerprint density at radius 2 is 2.22 bits per heavy atom. The van der Waals surface area contributed by atoms with Crippen molar-refractivity contribution in [1.82, 2.24) is 4.98 Å². The Morgan fingerprint density at radius 3 is 2.89 bits per heavy atom. The summed E-state index contributed by atoms with van der Waals surface area (Å²) in [6.45, 7) is 4.17. The molecule has 0 radical (unpaired) electrons. The minimum Gasteiger partial charge on any atom is -0.474 e. The van der Waals surface area contributed by atoms with Crippen LogP contribution >= 0.6 is 0 Å². The maximum Gasteiger partial charge on any atom is 0.225 e. The summed E-state index contributed by atoms with van der Waals surface area (Å²) in [6.07, 6.45) is 4.82. The minimum atomic E-state index is 0.0151. The molecular weight excluding hydrogens is 226 g/mol. The summed E-state index contributed by atoms with van der Waals surface area (Å²) in [5, 5.41) is 7.56. The summed E-state index contributed by atoms with van der Waals surface area (Å²) in [7, 11) is 0. The van der Waals surface area contributed by atoms with Gasteiger partial charge < -0.3 is 10.5 Å². The van der Waals surface area contributed by atoms with Gasteiger partial charge in [0, 0.05) is 5.69 Å². The van der Waals surface area contributed by atoms with Crippen LogP contribution in [0.5, 0.6) is 5.88 Å². The molecule has 0 spiro atoms. The number of aromatic nitrogens is 1. The molecule has 1 aliphatic rings. The molecule has 1 aromatic rings. The quantitative estimate of drug-likeness (QED) is 0.637. The van der Waals surface area contributed by atoms with Gasteiger partial charge in [0.2, 0.25) is 5.88 Å². The number of nitrogens with two attached hydrogens (primary N) is 1. The van der Waals surface area contributed by atoms with Crippen LogP contribution in [0.3, 0.4) is 0 Å². The Morgan fingerprint density at radius 1 is 1.44 bits per heavy atom. The molecular formula is C14H21N3O. The summed E-state index contributed by atoms with van der Waals surface area (Å²) >= 11 is 0. The molecule has 1 fully saturated rings. The summed E-state index contributed by atoms with van der Waals surface area (Å²) in [6, 6.07) is 3.67. The monoisotopic (exact) mass is 247 g/mol. The van der Waals surface area contributed by atoms with Crippen LogP contribution in [0.25, 0.3) is 0 Å². The summed E-state index contributed by atoms with van der Waals surface area (Å²) in [5.74, 6) is 1.23.